The first-order chi connectivity index (χ1) is 5.36. The molecule has 56 valence electrons. The third-order valence-corrected chi connectivity index (χ3v) is 1.33. The second kappa shape index (κ2) is 2.12. The quantitative estimate of drug-likeness (QED) is 0.607. The van der Waals surface area contributed by atoms with Crippen LogP contribution < -0.4 is 5.73 Å². The number of nitrogens with one attached hydrogen (secondary N) is 1. The number of hydrogen-bond donors (Lipinski definition) is 2. The predicted molar refractivity (Wildman–Crippen MR) is 40.1 cm³/mol. The summed E-state index contributed by atoms with van der Waals surface area (Å²) in [4.78, 5) is 0. The first-order valence-electron chi connectivity index (χ1n) is 3.17. The number of aromatic nitrogens is 4. The van der Waals surface area contributed by atoms with Gasteiger partial charge < -0.3 is 5.73 Å². The maximum Gasteiger partial charge on any atom is 0.174 e. The van der Waals surface area contributed by atoms with E-state index in [1.807, 2.05) is 6.07 Å². The lowest BCUT2D eigenvalue weighted by molar-refractivity contribution is 0.840. The molecule has 0 amide bonds. The van der Waals surface area contributed by atoms with Crippen molar-refractivity contribution in [3.05, 3.63) is 24.5 Å². The molecule has 0 bridgehead atoms. The van der Waals surface area contributed by atoms with Gasteiger partial charge in [0.15, 0.2) is 5.82 Å². The first kappa shape index (κ1) is 5.96. The second-order valence-electron chi connectivity index (χ2n) is 2.12. The van der Waals surface area contributed by atoms with Crippen LogP contribution in [0, 0.1) is 0 Å². The Kier molecular flexibility index (Phi) is 1.15. The fourth-order valence-electron chi connectivity index (χ4n) is 0.846. The fraction of sp³-hybridized carbons (Fsp3) is 0. The van der Waals surface area contributed by atoms with E-state index in [-0.39, 0.29) is 0 Å². The summed E-state index contributed by atoms with van der Waals surface area (Å²) in [5.74, 6) is 1.23. The highest BCUT2D eigenvalue weighted by molar-refractivity contribution is 5.28. The minimum absolute atomic E-state index is 0.494. The van der Waals surface area contributed by atoms with Crippen molar-refractivity contribution in [2.45, 2.75) is 0 Å². The highest BCUT2D eigenvalue weighted by Crippen LogP contribution is 2.02. The number of rotatable bonds is 1. The predicted octanol–water partition coefficient (Wildman–Crippen LogP) is 0.178. The van der Waals surface area contributed by atoms with Gasteiger partial charge in [-0.25, -0.2) is 4.68 Å². The maximum absolute atomic E-state index is 5.41. The molecule has 0 aliphatic carbocycles. The highest BCUT2D eigenvalue weighted by Gasteiger charge is 1.97. The van der Waals surface area contributed by atoms with Crippen LogP contribution in [0.4, 0.5) is 5.82 Å². The monoisotopic (exact) mass is 149 g/mol. The summed E-state index contributed by atoms with van der Waals surface area (Å²) in [6.45, 7) is 0. The van der Waals surface area contributed by atoms with E-state index in [0.29, 0.717) is 5.82 Å². The van der Waals surface area contributed by atoms with Crippen LogP contribution in [0.2, 0.25) is 0 Å². The summed E-state index contributed by atoms with van der Waals surface area (Å²) in [6, 6.07) is 3.53. The van der Waals surface area contributed by atoms with Gasteiger partial charge in [-0.3, -0.25) is 5.10 Å². The van der Waals surface area contributed by atoms with Gasteiger partial charge in [0.2, 0.25) is 0 Å². The van der Waals surface area contributed by atoms with Crippen molar-refractivity contribution < 1.29 is 0 Å². The SMILES string of the molecule is Nc1ccn(-c2cc[nH]n2)n1. The number of H-pyrrole nitrogens is 1. The van der Waals surface area contributed by atoms with Crippen LogP contribution in [0.15, 0.2) is 24.5 Å². The van der Waals surface area contributed by atoms with Gasteiger partial charge in [0, 0.05) is 24.5 Å². The van der Waals surface area contributed by atoms with E-state index >= 15 is 0 Å². The number of nitrogens with two attached hydrogens (primary N) is 1. The Balaban J connectivity index is 2.45. The molecular formula is C6H7N5. The van der Waals surface area contributed by atoms with Gasteiger partial charge in [-0.15, -0.1) is 5.10 Å². The molecule has 0 atom stereocenters. The van der Waals surface area contributed by atoms with Crippen LogP contribution in [0.25, 0.3) is 5.82 Å². The van der Waals surface area contributed by atoms with Crippen molar-refractivity contribution in [3.63, 3.8) is 0 Å². The number of anilines is 1. The molecule has 0 unspecified atom stereocenters. The van der Waals surface area contributed by atoms with Crippen LogP contribution in [-0.4, -0.2) is 20.0 Å². The zero-order chi connectivity index (χ0) is 7.68. The van der Waals surface area contributed by atoms with Gasteiger partial charge in [0.1, 0.15) is 5.82 Å². The third-order valence-electron chi connectivity index (χ3n) is 1.33. The molecular weight excluding hydrogens is 142 g/mol. The van der Waals surface area contributed by atoms with E-state index in [2.05, 4.69) is 15.3 Å². The van der Waals surface area contributed by atoms with Crippen LogP contribution in [0.1, 0.15) is 0 Å². The summed E-state index contributed by atoms with van der Waals surface area (Å²) in [7, 11) is 0. The smallest absolute Gasteiger partial charge is 0.174 e. The van der Waals surface area contributed by atoms with E-state index in [4.69, 9.17) is 5.73 Å². The number of hydrogen-bond acceptors (Lipinski definition) is 3. The molecule has 0 saturated heterocycles. The normalized spacial score (nSPS) is 10.2. The van der Waals surface area contributed by atoms with E-state index in [1.165, 1.54) is 0 Å². The molecule has 5 heteroatoms. The topological polar surface area (TPSA) is 72.5 Å². The Morgan fingerprint density at radius 3 is 2.91 bits per heavy atom. The van der Waals surface area contributed by atoms with Gasteiger partial charge >= 0.3 is 0 Å². The number of aromatic amines is 1. The Morgan fingerprint density at radius 2 is 2.36 bits per heavy atom. The Bertz CT molecular complexity index is 333. The molecule has 5 nitrogen and oxygen atoms in total. The van der Waals surface area contributed by atoms with Crippen molar-refractivity contribution in [2.75, 3.05) is 5.73 Å². The van der Waals surface area contributed by atoms with Crippen LogP contribution in [0.3, 0.4) is 0 Å². The van der Waals surface area contributed by atoms with Gasteiger partial charge in [-0.05, 0) is 0 Å². The van der Waals surface area contributed by atoms with E-state index < -0.39 is 0 Å². The highest BCUT2D eigenvalue weighted by atomic mass is 15.4. The summed E-state index contributed by atoms with van der Waals surface area (Å²) in [5, 5.41) is 10.6. The molecule has 0 radical (unpaired) electrons. The average Bonchev–Trinajstić information content (AvgIpc) is 2.55. The summed E-state index contributed by atoms with van der Waals surface area (Å²) in [5.41, 5.74) is 5.41. The summed E-state index contributed by atoms with van der Waals surface area (Å²) in [6.07, 6.45) is 3.48. The molecule has 0 aromatic carbocycles. The summed E-state index contributed by atoms with van der Waals surface area (Å²) < 4.78 is 1.60. The lowest BCUT2D eigenvalue weighted by Crippen LogP contribution is -1.96. The lowest BCUT2D eigenvalue weighted by atomic mass is 10.6. The van der Waals surface area contributed by atoms with E-state index in [9.17, 15) is 0 Å². The Labute approximate surface area is 62.8 Å². The molecule has 2 rings (SSSR count). The van der Waals surface area contributed by atoms with Crippen molar-refractivity contribution in [2.24, 2.45) is 0 Å². The standard InChI is InChI=1S/C6H7N5/c7-5-2-4-11(10-5)6-1-3-8-9-6/h1-4H,(H2,7,10)(H,8,9). The van der Waals surface area contributed by atoms with Gasteiger partial charge in [-0.1, -0.05) is 0 Å². The average molecular weight is 149 g/mol. The minimum atomic E-state index is 0.494. The first-order valence-corrected chi connectivity index (χ1v) is 3.17. The van der Waals surface area contributed by atoms with Crippen molar-refractivity contribution in [1.82, 2.24) is 20.0 Å². The molecule has 0 fully saturated rings. The third kappa shape index (κ3) is 0.958. The minimum Gasteiger partial charge on any atom is -0.382 e. The number of nitrogens with zero attached hydrogens (tertiary/aromatic N) is 3. The molecule has 0 aliphatic rings. The van der Waals surface area contributed by atoms with E-state index in [1.54, 1.807) is 23.1 Å². The molecule has 2 heterocycles. The van der Waals surface area contributed by atoms with Crippen LogP contribution in [-0.2, 0) is 0 Å². The van der Waals surface area contributed by atoms with Gasteiger partial charge in [0.05, 0.1) is 0 Å². The molecule has 11 heavy (non-hydrogen) atoms. The van der Waals surface area contributed by atoms with Crippen LogP contribution >= 0.6 is 0 Å². The maximum atomic E-state index is 5.41. The van der Waals surface area contributed by atoms with Gasteiger partial charge in [-0.2, -0.15) is 5.10 Å². The molecule has 3 N–H and O–H groups in total. The molecule has 0 spiro atoms. The fourth-order valence-corrected chi connectivity index (χ4v) is 0.846. The Hall–Kier alpha value is -1.78. The second-order valence-corrected chi connectivity index (χ2v) is 2.12. The zero-order valence-corrected chi connectivity index (χ0v) is 5.73. The van der Waals surface area contributed by atoms with Crippen molar-refractivity contribution >= 4 is 5.82 Å². The lowest BCUT2D eigenvalue weighted by Gasteiger charge is -1.90. The number of nitrogen functional groups attached to an aromatic ring is 1. The zero-order valence-electron chi connectivity index (χ0n) is 5.73. The summed E-state index contributed by atoms with van der Waals surface area (Å²) >= 11 is 0. The molecule has 2 aromatic heterocycles. The van der Waals surface area contributed by atoms with Crippen LogP contribution in [0.5, 0.6) is 0 Å². The Morgan fingerprint density at radius 1 is 1.45 bits per heavy atom. The molecule has 0 saturated carbocycles. The van der Waals surface area contributed by atoms with E-state index in [0.717, 1.165) is 5.82 Å². The van der Waals surface area contributed by atoms with Crippen molar-refractivity contribution in [1.29, 1.82) is 0 Å². The largest absolute Gasteiger partial charge is 0.382 e. The molecule has 0 aliphatic heterocycles. The molecule has 2 aromatic rings. The van der Waals surface area contributed by atoms with Crippen molar-refractivity contribution in [3.8, 4) is 5.82 Å². The van der Waals surface area contributed by atoms with Gasteiger partial charge in [0.25, 0.3) is 0 Å².